The van der Waals surface area contributed by atoms with Gasteiger partial charge in [-0.1, -0.05) is 18.2 Å². The second-order valence-corrected chi connectivity index (χ2v) is 7.63. The minimum Gasteiger partial charge on any atom is -0.234 e. The Morgan fingerprint density at radius 2 is 2.00 bits per heavy atom. The van der Waals surface area contributed by atoms with E-state index in [1.165, 1.54) is 10.1 Å². The molecule has 17 heavy (non-hydrogen) atoms. The Balaban J connectivity index is 2.31. The topological polar surface area (TPSA) is 29.4 Å². The summed E-state index contributed by atoms with van der Waals surface area (Å²) >= 11 is 1.68. The van der Waals surface area contributed by atoms with E-state index in [0.717, 1.165) is 5.56 Å². The summed E-state index contributed by atoms with van der Waals surface area (Å²) < 4.78 is 16.9. The van der Waals surface area contributed by atoms with Crippen molar-refractivity contribution in [1.29, 1.82) is 0 Å². The maximum absolute atomic E-state index is 11.8. The molecular weight excluding hydrogens is 250 g/mol. The highest BCUT2D eigenvalue weighted by Crippen LogP contribution is 2.24. The zero-order valence-electron chi connectivity index (χ0n) is 10.1. The average molecular weight is 265 g/mol. The summed E-state index contributed by atoms with van der Waals surface area (Å²) in [5, 5.41) is 3.22. The molecule has 0 spiro atoms. The van der Waals surface area contributed by atoms with Crippen LogP contribution < -0.4 is 0 Å². The first kappa shape index (κ1) is 12.5. The average Bonchev–Trinajstić information content (AvgIpc) is 2.68. The van der Waals surface area contributed by atoms with Crippen LogP contribution in [0, 0.1) is 0 Å². The molecule has 1 aromatic carbocycles. The molecule has 0 amide bonds. The Bertz CT molecular complexity index is 578. The van der Waals surface area contributed by atoms with E-state index in [2.05, 4.69) is 16.5 Å². The predicted molar refractivity (Wildman–Crippen MR) is 77.3 cm³/mol. The quantitative estimate of drug-likeness (QED) is 0.760. The van der Waals surface area contributed by atoms with E-state index in [1.54, 1.807) is 17.6 Å². The van der Waals surface area contributed by atoms with Gasteiger partial charge < -0.3 is 0 Å². The summed E-state index contributed by atoms with van der Waals surface area (Å²) in [6.07, 6.45) is 1.72. The lowest BCUT2D eigenvalue weighted by molar-refractivity contribution is 0.651. The SMILES string of the molecule is CC(C)(C)[S@](=O)N=Cc1csc2ccccc12. The fraction of sp³-hybridized carbons (Fsp3) is 0.308. The number of thiophene rings is 1. The molecule has 1 atom stereocenters. The predicted octanol–water partition coefficient (Wildman–Crippen LogP) is 3.78. The van der Waals surface area contributed by atoms with Gasteiger partial charge >= 0.3 is 0 Å². The molecule has 0 aliphatic rings. The smallest absolute Gasteiger partial charge is 0.144 e. The van der Waals surface area contributed by atoms with Crippen molar-refractivity contribution in [2.75, 3.05) is 0 Å². The third kappa shape index (κ3) is 2.82. The van der Waals surface area contributed by atoms with E-state index in [9.17, 15) is 4.21 Å². The molecule has 1 aromatic heterocycles. The Kier molecular flexibility index (Phi) is 3.45. The number of hydrogen-bond acceptors (Lipinski definition) is 2. The zero-order chi connectivity index (χ0) is 12.5. The zero-order valence-corrected chi connectivity index (χ0v) is 11.8. The van der Waals surface area contributed by atoms with Crippen LogP contribution in [0.3, 0.4) is 0 Å². The van der Waals surface area contributed by atoms with Crippen LogP contribution in [0.25, 0.3) is 10.1 Å². The van der Waals surface area contributed by atoms with Crippen LogP contribution in [-0.2, 0) is 11.0 Å². The molecule has 0 bridgehead atoms. The number of rotatable bonds is 2. The van der Waals surface area contributed by atoms with Gasteiger partial charge in [0.25, 0.3) is 0 Å². The van der Waals surface area contributed by atoms with Gasteiger partial charge in [-0.25, -0.2) is 4.21 Å². The largest absolute Gasteiger partial charge is 0.234 e. The molecule has 0 unspecified atom stereocenters. The van der Waals surface area contributed by atoms with E-state index >= 15 is 0 Å². The molecular formula is C13H15NOS2. The standard InChI is InChI=1S/C13H15NOS2/c1-13(2,3)17(15)14-8-10-9-16-12-7-5-4-6-11(10)12/h4-9H,1-3H3/t17-/m0/s1. The van der Waals surface area contributed by atoms with Gasteiger partial charge in [0.15, 0.2) is 0 Å². The van der Waals surface area contributed by atoms with Crippen molar-refractivity contribution in [2.24, 2.45) is 4.40 Å². The van der Waals surface area contributed by atoms with Gasteiger partial charge in [-0.2, -0.15) is 4.40 Å². The highest BCUT2D eigenvalue weighted by atomic mass is 32.2. The van der Waals surface area contributed by atoms with E-state index in [0.29, 0.717) is 0 Å². The van der Waals surface area contributed by atoms with Crippen molar-refractivity contribution >= 4 is 38.6 Å². The lowest BCUT2D eigenvalue weighted by atomic mass is 10.2. The molecule has 1 heterocycles. The molecule has 0 saturated carbocycles. The highest BCUT2D eigenvalue weighted by molar-refractivity contribution is 7.85. The fourth-order valence-corrected chi connectivity index (χ4v) is 2.80. The number of nitrogens with zero attached hydrogens (tertiary/aromatic N) is 1. The number of benzene rings is 1. The highest BCUT2D eigenvalue weighted by Gasteiger charge is 2.18. The Labute approximate surface area is 108 Å². The molecule has 90 valence electrons. The van der Waals surface area contributed by atoms with Crippen LogP contribution >= 0.6 is 11.3 Å². The summed E-state index contributed by atoms with van der Waals surface area (Å²) in [5.41, 5.74) is 1.04. The molecule has 2 rings (SSSR count). The first-order valence-electron chi connectivity index (χ1n) is 5.41. The van der Waals surface area contributed by atoms with Crippen LogP contribution in [0.1, 0.15) is 26.3 Å². The second kappa shape index (κ2) is 4.70. The minimum atomic E-state index is -1.19. The van der Waals surface area contributed by atoms with Crippen LogP contribution in [-0.4, -0.2) is 15.2 Å². The molecule has 0 fully saturated rings. The van der Waals surface area contributed by atoms with Gasteiger partial charge in [0.05, 0.1) is 4.75 Å². The van der Waals surface area contributed by atoms with Crippen molar-refractivity contribution in [1.82, 2.24) is 0 Å². The molecule has 4 heteroatoms. The molecule has 0 saturated heterocycles. The van der Waals surface area contributed by atoms with Gasteiger partial charge in [0.1, 0.15) is 11.0 Å². The van der Waals surface area contributed by atoms with Crippen molar-refractivity contribution < 1.29 is 4.21 Å². The lowest BCUT2D eigenvalue weighted by Crippen LogP contribution is -2.19. The van der Waals surface area contributed by atoms with Crippen molar-refractivity contribution in [2.45, 2.75) is 25.5 Å². The van der Waals surface area contributed by atoms with Crippen LogP contribution in [0.4, 0.5) is 0 Å². The summed E-state index contributed by atoms with van der Waals surface area (Å²) in [4.78, 5) is 0. The fourth-order valence-electron chi connectivity index (χ4n) is 1.36. The molecule has 0 aliphatic carbocycles. The minimum absolute atomic E-state index is 0.303. The van der Waals surface area contributed by atoms with Gasteiger partial charge in [0.2, 0.25) is 0 Å². The van der Waals surface area contributed by atoms with E-state index < -0.39 is 11.0 Å². The second-order valence-electron chi connectivity index (χ2n) is 4.78. The summed E-state index contributed by atoms with van der Waals surface area (Å²) in [6, 6.07) is 8.17. The Hall–Kier alpha value is -1.00. The number of hydrogen-bond donors (Lipinski definition) is 0. The summed E-state index contributed by atoms with van der Waals surface area (Å²) in [5.74, 6) is 0. The van der Waals surface area contributed by atoms with E-state index in [1.807, 2.05) is 38.3 Å². The van der Waals surface area contributed by atoms with Crippen LogP contribution in [0.5, 0.6) is 0 Å². The van der Waals surface area contributed by atoms with Crippen molar-refractivity contribution in [3.8, 4) is 0 Å². The van der Waals surface area contributed by atoms with Crippen LogP contribution in [0.2, 0.25) is 0 Å². The monoisotopic (exact) mass is 265 g/mol. The maximum Gasteiger partial charge on any atom is 0.144 e. The third-order valence-corrected chi connectivity index (χ3v) is 4.65. The van der Waals surface area contributed by atoms with Crippen molar-refractivity contribution in [3.05, 3.63) is 35.2 Å². The first-order chi connectivity index (χ1) is 7.98. The molecule has 2 nitrogen and oxygen atoms in total. The number of fused-ring (bicyclic) bond motifs is 1. The van der Waals surface area contributed by atoms with Crippen molar-refractivity contribution in [3.63, 3.8) is 0 Å². The van der Waals surface area contributed by atoms with E-state index in [4.69, 9.17) is 0 Å². The van der Waals surface area contributed by atoms with Gasteiger partial charge in [-0.05, 0) is 26.8 Å². The first-order valence-corrected chi connectivity index (χ1v) is 7.39. The van der Waals surface area contributed by atoms with E-state index in [-0.39, 0.29) is 4.75 Å². The molecule has 2 aromatic rings. The summed E-state index contributed by atoms with van der Waals surface area (Å²) in [6.45, 7) is 5.77. The molecule has 0 N–H and O–H groups in total. The summed E-state index contributed by atoms with van der Waals surface area (Å²) in [7, 11) is -1.19. The normalized spacial score (nSPS) is 14.5. The Morgan fingerprint density at radius 3 is 2.71 bits per heavy atom. The lowest BCUT2D eigenvalue weighted by Gasteiger charge is -2.12. The maximum atomic E-state index is 11.8. The Morgan fingerprint density at radius 1 is 1.29 bits per heavy atom. The van der Waals surface area contributed by atoms with Gasteiger partial charge in [0, 0.05) is 27.2 Å². The van der Waals surface area contributed by atoms with Gasteiger partial charge in [-0.3, -0.25) is 0 Å². The molecule has 0 aliphatic heterocycles. The van der Waals surface area contributed by atoms with Gasteiger partial charge in [-0.15, -0.1) is 11.3 Å². The van der Waals surface area contributed by atoms with Crippen LogP contribution in [0.15, 0.2) is 34.0 Å². The third-order valence-electron chi connectivity index (χ3n) is 2.32. The molecule has 0 radical (unpaired) electrons.